The predicted molar refractivity (Wildman–Crippen MR) is 158 cm³/mol. The second-order valence-corrected chi connectivity index (χ2v) is 10.5. The number of hydrogen-bond donors (Lipinski definition) is 0. The zero-order chi connectivity index (χ0) is 23.7. The van der Waals surface area contributed by atoms with E-state index in [1.807, 2.05) is 0 Å². The van der Waals surface area contributed by atoms with Gasteiger partial charge in [-0.25, -0.2) is 0 Å². The minimum Gasteiger partial charge on any atom is -0.0610 e. The van der Waals surface area contributed by atoms with Crippen LogP contribution in [-0.4, -0.2) is 0 Å². The Morgan fingerprint density at radius 1 is 0.250 bits per heavy atom. The number of rotatable bonds is 0. The van der Waals surface area contributed by atoms with Crippen molar-refractivity contribution in [3.8, 4) is 0 Å². The summed E-state index contributed by atoms with van der Waals surface area (Å²) in [6, 6.07) is 36.9. The molecule has 0 spiro atoms. The summed E-state index contributed by atoms with van der Waals surface area (Å²) >= 11 is 0. The molecule has 0 aliphatic carbocycles. The number of benzene rings is 9. The van der Waals surface area contributed by atoms with Crippen molar-refractivity contribution in [2.75, 3.05) is 0 Å². The molecule has 0 atom stereocenters. The molecule has 0 bridgehead atoms. The van der Waals surface area contributed by atoms with Gasteiger partial charge in [-0.3, -0.25) is 0 Å². The largest absolute Gasteiger partial charge is 0.0610 e. The maximum atomic E-state index is 2.36. The lowest BCUT2D eigenvalue weighted by atomic mass is 9.81. The first-order chi connectivity index (χ1) is 17.7. The monoisotopic (exact) mass is 454 g/mol. The van der Waals surface area contributed by atoms with Gasteiger partial charge in [-0.2, -0.15) is 0 Å². The number of fused-ring (bicyclic) bond motifs is 6. The van der Waals surface area contributed by atoms with Gasteiger partial charge in [0, 0.05) is 0 Å². The molecule has 0 unspecified atom stereocenters. The molecule has 0 aromatic heterocycles. The average Bonchev–Trinajstić information content (AvgIpc) is 2.92. The molecule has 0 N–H and O–H groups in total. The summed E-state index contributed by atoms with van der Waals surface area (Å²) in [5.74, 6) is 0. The normalized spacial score (nSPS) is 12.7. The zero-order valence-electron chi connectivity index (χ0n) is 20.2. The molecule has 0 aliphatic rings. The highest BCUT2D eigenvalue weighted by atomic mass is 14.2. The summed E-state index contributed by atoms with van der Waals surface area (Å²) < 4.78 is 0. The fraction of sp³-hybridized carbons (Fsp3) is 0.0556. The van der Waals surface area contributed by atoms with E-state index < -0.39 is 0 Å². The van der Waals surface area contributed by atoms with E-state index in [2.05, 4.69) is 111 Å². The molecular weight excluding hydrogens is 432 g/mol. The zero-order valence-corrected chi connectivity index (χ0v) is 20.2. The lowest BCUT2D eigenvalue weighted by Gasteiger charge is -2.21. The molecule has 36 heavy (non-hydrogen) atoms. The molecule has 0 nitrogen and oxygen atoms in total. The fourth-order valence-corrected chi connectivity index (χ4v) is 7.31. The minimum atomic E-state index is 1.34. The lowest BCUT2D eigenvalue weighted by molar-refractivity contribution is 1.55. The standard InChI is InChI=1S/C36H22/c1-19-15-17-29-31-21(19)7-3-9-23(31)25-11-5-14-28-33(25)35(29)27-13-6-12-26-24-10-4-8-22-20(2)16-18-30(32(22)24)36(28)34(26)27/h3-18H,1-2H3. The second kappa shape index (κ2) is 6.22. The summed E-state index contributed by atoms with van der Waals surface area (Å²) in [7, 11) is 0. The third-order valence-corrected chi connectivity index (χ3v) is 8.80. The highest BCUT2D eigenvalue weighted by molar-refractivity contribution is 6.47. The summed E-state index contributed by atoms with van der Waals surface area (Å²) in [5.41, 5.74) is 2.68. The Kier molecular flexibility index (Phi) is 3.26. The summed E-state index contributed by atoms with van der Waals surface area (Å²) in [5, 5.41) is 22.0. The van der Waals surface area contributed by atoms with Crippen LogP contribution in [0.5, 0.6) is 0 Å². The molecule has 0 heteroatoms. The Labute approximate surface area is 208 Å². The van der Waals surface area contributed by atoms with Crippen molar-refractivity contribution in [1.82, 2.24) is 0 Å². The van der Waals surface area contributed by atoms with Crippen molar-refractivity contribution in [2.45, 2.75) is 13.8 Å². The van der Waals surface area contributed by atoms with Crippen LogP contribution in [0.3, 0.4) is 0 Å². The first-order valence-corrected chi connectivity index (χ1v) is 12.8. The first kappa shape index (κ1) is 18.9. The Balaban J connectivity index is 1.75. The van der Waals surface area contributed by atoms with Crippen LogP contribution in [0.1, 0.15) is 11.1 Å². The Bertz CT molecular complexity index is 2200. The van der Waals surface area contributed by atoms with Crippen LogP contribution in [0, 0.1) is 13.8 Å². The number of hydrogen-bond acceptors (Lipinski definition) is 0. The van der Waals surface area contributed by atoms with Crippen molar-refractivity contribution >= 4 is 86.2 Å². The average molecular weight is 455 g/mol. The van der Waals surface area contributed by atoms with E-state index in [1.54, 1.807) is 0 Å². The van der Waals surface area contributed by atoms with Crippen LogP contribution in [-0.2, 0) is 0 Å². The molecular formula is C36H22. The Morgan fingerprint density at radius 3 is 0.944 bits per heavy atom. The van der Waals surface area contributed by atoms with Crippen molar-refractivity contribution in [1.29, 1.82) is 0 Å². The van der Waals surface area contributed by atoms with Gasteiger partial charge in [-0.05, 0) is 111 Å². The van der Waals surface area contributed by atoms with Crippen molar-refractivity contribution in [3.05, 3.63) is 108 Å². The molecule has 0 saturated heterocycles. The van der Waals surface area contributed by atoms with E-state index in [4.69, 9.17) is 0 Å². The first-order valence-electron chi connectivity index (χ1n) is 12.8. The van der Waals surface area contributed by atoms with Gasteiger partial charge in [0.1, 0.15) is 0 Å². The van der Waals surface area contributed by atoms with Gasteiger partial charge >= 0.3 is 0 Å². The van der Waals surface area contributed by atoms with E-state index in [9.17, 15) is 0 Å². The van der Waals surface area contributed by atoms with Gasteiger partial charge in [0.25, 0.3) is 0 Å². The third kappa shape index (κ3) is 2.01. The number of aryl methyl sites for hydroxylation is 2. The highest BCUT2D eigenvalue weighted by Gasteiger charge is 2.21. The molecule has 9 aromatic rings. The molecule has 9 rings (SSSR count). The second-order valence-electron chi connectivity index (χ2n) is 10.5. The quantitative estimate of drug-likeness (QED) is 0.158. The van der Waals surface area contributed by atoms with Crippen LogP contribution in [0.2, 0.25) is 0 Å². The summed E-state index contributed by atoms with van der Waals surface area (Å²) in [6.07, 6.45) is 0. The highest BCUT2D eigenvalue weighted by Crippen LogP contribution is 2.50. The molecule has 0 radical (unpaired) electrons. The summed E-state index contributed by atoms with van der Waals surface area (Å²) in [4.78, 5) is 0. The van der Waals surface area contributed by atoms with Gasteiger partial charge in [-0.1, -0.05) is 97.1 Å². The third-order valence-electron chi connectivity index (χ3n) is 8.80. The summed E-state index contributed by atoms with van der Waals surface area (Å²) in [6.45, 7) is 4.46. The Morgan fingerprint density at radius 2 is 0.528 bits per heavy atom. The van der Waals surface area contributed by atoms with E-state index in [-0.39, 0.29) is 0 Å². The van der Waals surface area contributed by atoms with Gasteiger partial charge in [-0.15, -0.1) is 0 Å². The maximum Gasteiger partial charge on any atom is -0.00134 e. The van der Waals surface area contributed by atoms with Crippen LogP contribution in [0.15, 0.2) is 97.1 Å². The molecule has 0 fully saturated rings. The maximum absolute atomic E-state index is 2.36. The van der Waals surface area contributed by atoms with E-state index in [0.29, 0.717) is 0 Å². The van der Waals surface area contributed by atoms with Gasteiger partial charge in [0.2, 0.25) is 0 Å². The lowest BCUT2D eigenvalue weighted by Crippen LogP contribution is -1.93. The molecule has 0 heterocycles. The minimum absolute atomic E-state index is 1.34. The smallest absolute Gasteiger partial charge is 0.00134 e. The van der Waals surface area contributed by atoms with Crippen molar-refractivity contribution < 1.29 is 0 Å². The molecule has 0 amide bonds. The van der Waals surface area contributed by atoms with Crippen molar-refractivity contribution in [2.24, 2.45) is 0 Å². The Hall–Kier alpha value is -4.42. The van der Waals surface area contributed by atoms with Crippen molar-refractivity contribution in [3.63, 3.8) is 0 Å². The predicted octanol–water partition coefficient (Wildman–Crippen LogP) is 10.4. The molecule has 0 saturated carbocycles. The fourth-order valence-electron chi connectivity index (χ4n) is 7.31. The van der Waals surface area contributed by atoms with Gasteiger partial charge < -0.3 is 0 Å². The van der Waals surface area contributed by atoms with Crippen LogP contribution in [0.4, 0.5) is 0 Å². The van der Waals surface area contributed by atoms with Crippen LogP contribution < -0.4 is 0 Å². The SMILES string of the molecule is Cc1ccc2c3c1cccc3c1cccc3c1c2c1cccc2c4cccc5c(C)ccc(c54)c3c21. The van der Waals surface area contributed by atoms with E-state index >= 15 is 0 Å². The molecule has 9 aromatic carbocycles. The van der Waals surface area contributed by atoms with E-state index in [0.717, 1.165) is 0 Å². The van der Waals surface area contributed by atoms with Crippen LogP contribution in [0.25, 0.3) is 86.2 Å². The van der Waals surface area contributed by atoms with Crippen LogP contribution >= 0.6 is 0 Å². The van der Waals surface area contributed by atoms with Gasteiger partial charge in [0.15, 0.2) is 0 Å². The topological polar surface area (TPSA) is 0 Å². The van der Waals surface area contributed by atoms with E-state index in [1.165, 1.54) is 97.3 Å². The molecule has 0 aliphatic heterocycles. The van der Waals surface area contributed by atoms with Gasteiger partial charge in [0.05, 0.1) is 0 Å². The molecule has 166 valence electrons.